The highest BCUT2D eigenvalue weighted by Crippen LogP contribution is 2.71. The fourth-order valence-electron chi connectivity index (χ4n) is 5.88. The Balaban J connectivity index is 1.67. The van der Waals surface area contributed by atoms with Crippen LogP contribution in [0.3, 0.4) is 0 Å². The maximum atomic E-state index is 14.7. The molecule has 1 saturated carbocycles. The number of nitrogens with zero attached hydrogens (tertiary/aromatic N) is 2. The molecule has 1 aliphatic heterocycles. The standard InChI is InChI=1S/C31H31N2O4PS2/c34-39(35,28-21-9-3-10-22-28)32-30(25-15-5-1-6-16-25)31(26-17-7-2-8-18-26)33(38(32)27-19-13-14-20-27)40(36,37)29-23-11-4-12-24-29/h1-12,15-18,21-24,27,30-31H,13-14,19-20H2/t30-,31-/m0/s1. The smallest absolute Gasteiger partial charge is 0.207 e. The molecule has 2 fully saturated rings. The van der Waals surface area contributed by atoms with Crippen LogP contribution in [0.2, 0.25) is 0 Å². The Morgan fingerprint density at radius 3 is 1.18 bits per heavy atom. The van der Waals surface area contributed by atoms with E-state index in [2.05, 4.69) is 0 Å². The van der Waals surface area contributed by atoms with E-state index in [-0.39, 0.29) is 15.4 Å². The van der Waals surface area contributed by atoms with E-state index in [1.54, 1.807) is 68.8 Å². The van der Waals surface area contributed by atoms with Gasteiger partial charge in [-0.15, -0.1) is 0 Å². The quantitative estimate of drug-likeness (QED) is 0.215. The molecule has 1 aliphatic carbocycles. The van der Waals surface area contributed by atoms with Crippen LogP contribution in [0.4, 0.5) is 0 Å². The fraction of sp³-hybridized carbons (Fsp3) is 0.226. The van der Waals surface area contributed by atoms with Crippen LogP contribution in [0.15, 0.2) is 131 Å². The van der Waals surface area contributed by atoms with Gasteiger partial charge in [0.2, 0.25) is 20.0 Å². The summed E-state index contributed by atoms with van der Waals surface area (Å²) in [5, 5.41) is 0. The molecule has 4 aromatic carbocycles. The second kappa shape index (κ2) is 11.2. The SMILES string of the molecule is O=S(=O)(c1ccccc1)N1[C@@H](c2ccccc2)[C@H](c2ccccc2)N(S(=O)(=O)c2ccccc2)P1C1CCCC1. The van der Waals surface area contributed by atoms with Crippen molar-refractivity contribution in [2.45, 2.75) is 53.2 Å². The molecule has 6 nitrogen and oxygen atoms in total. The van der Waals surface area contributed by atoms with Crippen LogP contribution in [0, 0.1) is 0 Å². The molecule has 0 aromatic heterocycles. The monoisotopic (exact) mass is 590 g/mol. The predicted molar refractivity (Wildman–Crippen MR) is 158 cm³/mol. The average Bonchev–Trinajstić information content (AvgIpc) is 3.66. The number of benzene rings is 4. The molecular formula is C31H31N2O4PS2. The molecule has 0 amide bonds. The van der Waals surface area contributed by atoms with E-state index in [1.165, 1.54) is 0 Å². The largest absolute Gasteiger partial charge is 0.248 e. The van der Waals surface area contributed by atoms with E-state index in [4.69, 9.17) is 0 Å². The van der Waals surface area contributed by atoms with Crippen LogP contribution in [0.25, 0.3) is 0 Å². The van der Waals surface area contributed by atoms with Gasteiger partial charge in [-0.25, -0.2) is 16.8 Å². The first-order valence-corrected chi connectivity index (χ1v) is 17.7. The molecule has 1 heterocycles. The van der Waals surface area contributed by atoms with Crippen molar-refractivity contribution >= 4 is 28.3 Å². The Kier molecular flexibility index (Phi) is 7.64. The normalized spacial score (nSPS) is 21.6. The predicted octanol–water partition coefficient (Wildman–Crippen LogP) is 7.12. The van der Waals surface area contributed by atoms with Crippen molar-refractivity contribution in [3.63, 3.8) is 0 Å². The van der Waals surface area contributed by atoms with Gasteiger partial charge >= 0.3 is 0 Å². The summed E-state index contributed by atoms with van der Waals surface area (Å²) in [6.45, 7) is 0. The number of hydrogen-bond acceptors (Lipinski definition) is 4. The van der Waals surface area contributed by atoms with Crippen molar-refractivity contribution in [1.29, 1.82) is 0 Å². The second-order valence-electron chi connectivity index (χ2n) is 10.2. The Labute approximate surface area is 238 Å². The molecule has 1 saturated heterocycles. The lowest BCUT2D eigenvalue weighted by Crippen LogP contribution is -2.31. The summed E-state index contributed by atoms with van der Waals surface area (Å²) < 4.78 is 61.9. The van der Waals surface area contributed by atoms with E-state index in [0.29, 0.717) is 0 Å². The van der Waals surface area contributed by atoms with Gasteiger partial charge in [0, 0.05) is 5.66 Å². The summed E-state index contributed by atoms with van der Waals surface area (Å²) in [4.78, 5) is 0.347. The summed E-state index contributed by atoms with van der Waals surface area (Å²) in [6, 6.07) is 34.3. The third-order valence-electron chi connectivity index (χ3n) is 7.69. The summed E-state index contributed by atoms with van der Waals surface area (Å²) in [5.74, 6) is 0. The van der Waals surface area contributed by atoms with Crippen molar-refractivity contribution < 1.29 is 16.8 Å². The topological polar surface area (TPSA) is 74.8 Å². The van der Waals surface area contributed by atoms with Gasteiger partial charge in [-0.3, -0.25) is 0 Å². The van der Waals surface area contributed by atoms with Gasteiger partial charge in [0.1, 0.15) is 0 Å². The molecule has 0 radical (unpaired) electrons. The minimum Gasteiger partial charge on any atom is -0.207 e. The Hall–Kier alpha value is -2.87. The fourth-order valence-corrected chi connectivity index (χ4v) is 14.8. The Morgan fingerprint density at radius 2 is 0.825 bits per heavy atom. The van der Waals surface area contributed by atoms with Gasteiger partial charge in [-0.2, -0.15) is 8.15 Å². The van der Waals surface area contributed by atoms with Gasteiger partial charge in [0.15, 0.2) is 0 Å². The third kappa shape index (κ3) is 4.82. The maximum absolute atomic E-state index is 14.7. The second-order valence-corrected chi connectivity index (χ2v) is 16.6. The highest BCUT2D eigenvalue weighted by Gasteiger charge is 2.60. The zero-order valence-electron chi connectivity index (χ0n) is 21.9. The van der Waals surface area contributed by atoms with E-state index < -0.39 is 40.4 Å². The Bertz CT molecular complexity index is 1530. The highest BCUT2D eigenvalue weighted by atomic mass is 32.2. The number of sulfonamides is 2. The molecule has 9 heteroatoms. The summed E-state index contributed by atoms with van der Waals surface area (Å²) in [7, 11) is -10.00. The van der Waals surface area contributed by atoms with E-state index >= 15 is 0 Å². The molecule has 0 N–H and O–H groups in total. The summed E-state index contributed by atoms with van der Waals surface area (Å²) >= 11 is 0. The van der Waals surface area contributed by atoms with Crippen LogP contribution in [0.1, 0.15) is 48.9 Å². The lowest BCUT2D eigenvalue weighted by Gasteiger charge is -2.34. The Morgan fingerprint density at radius 1 is 0.500 bits per heavy atom. The van der Waals surface area contributed by atoms with Crippen LogP contribution < -0.4 is 0 Å². The number of hydrogen-bond donors (Lipinski definition) is 0. The molecule has 0 unspecified atom stereocenters. The molecule has 0 spiro atoms. The summed E-state index contributed by atoms with van der Waals surface area (Å²) in [6.07, 6.45) is 3.48. The van der Waals surface area contributed by atoms with Crippen molar-refractivity contribution in [3.05, 3.63) is 132 Å². The highest BCUT2D eigenvalue weighted by molar-refractivity contribution is 7.99. The average molecular weight is 591 g/mol. The van der Waals surface area contributed by atoms with E-state index in [9.17, 15) is 16.8 Å². The van der Waals surface area contributed by atoms with E-state index in [1.807, 2.05) is 60.7 Å². The van der Waals surface area contributed by atoms with Gasteiger partial charge in [0.25, 0.3) is 0 Å². The van der Waals surface area contributed by atoms with Crippen molar-refractivity contribution in [2.24, 2.45) is 0 Å². The molecule has 0 bridgehead atoms. The molecule has 40 heavy (non-hydrogen) atoms. The van der Waals surface area contributed by atoms with Gasteiger partial charge in [-0.1, -0.05) is 110 Å². The first-order valence-electron chi connectivity index (χ1n) is 13.5. The van der Waals surface area contributed by atoms with E-state index in [0.717, 1.165) is 36.8 Å². The molecule has 4 aromatic rings. The summed E-state index contributed by atoms with van der Waals surface area (Å²) in [5.41, 5.74) is 1.46. The van der Waals surface area contributed by atoms with Crippen molar-refractivity contribution in [1.82, 2.24) is 8.15 Å². The molecule has 2 atom stereocenters. The molecule has 6 rings (SSSR count). The van der Waals surface area contributed by atoms with Crippen molar-refractivity contribution in [2.75, 3.05) is 0 Å². The minimum absolute atomic E-state index is 0.0769. The first-order chi connectivity index (χ1) is 19.4. The van der Waals surface area contributed by atoms with Gasteiger partial charge in [0.05, 0.1) is 30.1 Å². The molecular weight excluding hydrogens is 559 g/mol. The third-order valence-corrected chi connectivity index (χ3v) is 15.6. The minimum atomic E-state index is -4.08. The first kappa shape index (κ1) is 27.3. The lowest BCUT2D eigenvalue weighted by atomic mass is 9.95. The lowest BCUT2D eigenvalue weighted by molar-refractivity contribution is 0.377. The maximum Gasteiger partial charge on any atom is 0.248 e. The van der Waals surface area contributed by atoms with Crippen LogP contribution in [-0.4, -0.2) is 30.6 Å². The van der Waals surface area contributed by atoms with Gasteiger partial charge in [-0.05, 0) is 48.2 Å². The molecule has 206 valence electrons. The zero-order chi connectivity index (χ0) is 27.7. The van der Waals surface area contributed by atoms with Crippen molar-refractivity contribution in [3.8, 4) is 0 Å². The van der Waals surface area contributed by atoms with Gasteiger partial charge < -0.3 is 0 Å². The van der Waals surface area contributed by atoms with Crippen LogP contribution in [-0.2, 0) is 20.0 Å². The number of rotatable bonds is 7. The van der Waals surface area contributed by atoms with Crippen LogP contribution in [0.5, 0.6) is 0 Å². The van der Waals surface area contributed by atoms with Crippen LogP contribution >= 0.6 is 8.22 Å². The zero-order valence-corrected chi connectivity index (χ0v) is 24.4. The molecule has 2 aliphatic rings.